The van der Waals surface area contributed by atoms with Crippen molar-refractivity contribution in [3.8, 4) is 0 Å². The van der Waals surface area contributed by atoms with E-state index >= 15 is 0 Å². The van der Waals surface area contributed by atoms with Crippen LogP contribution in [0.4, 0.5) is 4.79 Å². The van der Waals surface area contributed by atoms with Crippen LogP contribution >= 0.6 is 0 Å². The smallest absolute Gasteiger partial charge is 0.318 e. The van der Waals surface area contributed by atoms with Gasteiger partial charge in [0.2, 0.25) is 5.89 Å². The van der Waals surface area contributed by atoms with Crippen molar-refractivity contribution < 1.29 is 14.4 Å². The van der Waals surface area contributed by atoms with Crippen LogP contribution in [0.25, 0.3) is 0 Å². The number of amides is 2. The number of nitrogens with one attached hydrogen (secondary N) is 1. The van der Waals surface area contributed by atoms with Crippen LogP contribution in [0, 0.1) is 6.92 Å². The summed E-state index contributed by atoms with van der Waals surface area (Å²) >= 11 is 0. The number of aliphatic hydroxyl groups is 1. The molecular weight excluding hydrogens is 296 g/mol. The zero-order valence-corrected chi connectivity index (χ0v) is 13.6. The van der Waals surface area contributed by atoms with Crippen molar-refractivity contribution in [3.63, 3.8) is 0 Å². The molecule has 2 aromatic rings. The highest BCUT2D eigenvalue weighted by Crippen LogP contribution is 2.10. The van der Waals surface area contributed by atoms with E-state index in [9.17, 15) is 9.90 Å². The first-order chi connectivity index (χ1) is 10.8. The van der Waals surface area contributed by atoms with Crippen molar-refractivity contribution in [1.29, 1.82) is 0 Å². The first-order valence-electron chi connectivity index (χ1n) is 7.42. The van der Waals surface area contributed by atoms with E-state index in [0.29, 0.717) is 18.3 Å². The minimum Gasteiger partial charge on any atom is -0.389 e. The SMILES string of the molecule is Cc1noc(CNC(=O)N(Cc2ccccc2)CC(C)(C)O)n1. The second-order valence-corrected chi connectivity index (χ2v) is 6.05. The summed E-state index contributed by atoms with van der Waals surface area (Å²) in [5.74, 6) is 0.866. The Labute approximate surface area is 135 Å². The minimum absolute atomic E-state index is 0.150. The van der Waals surface area contributed by atoms with Gasteiger partial charge in [-0.25, -0.2) is 4.79 Å². The van der Waals surface area contributed by atoms with Gasteiger partial charge in [0.05, 0.1) is 18.7 Å². The number of hydrogen-bond acceptors (Lipinski definition) is 5. The Morgan fingerprint density at radius 3 is 2.61 bits per heavy atom. The van der Waals surface area contributed by atoms with Gasteiger partial charge in [0, 0.05) is 6.54 Å². The first kappa shape index (κ1) is 17.0. The lowest BCUT2D eigenvalue weighted by atomic mass is 10.1. The number of benzene rings is 1. The number of carbonyl (C=O) groups excluding carboxylic acids is 1. The predicted octanol–water partition coefficient (Wildman–Crippen LogP) is 1.86. The number of aromatic nitrogens is 2. The molecule has 2 amide bonds. The second-order valence-electron chi connectivity index (χ2n) is 6.05. The predicted molar refractivity (Wildman–Crippen MR) is 84.4 cm³/mol. The van der Waals surface area contributed by atoms with Crippen molar-refractivity contribution in [2.45, 2.75) is 39.5 Å². The lowest BCUT2D eigenvalue weighted by molar-refractivity contribution is 0.0445. The van der Waals surface area contributed by atoms with Gasteiger partial charge < -0.3 is 19.8 Å². The fraction of sp³-hybridized carbons (Fsp3) is 0.438. The van der Waals surface area contributed by atoms with Crippen LogP contribution in [0.5, 0.6) is 0 Å². The number of nitrogens with zero attached hydrogens (tertiary/aromatic N) is 3. The Balaban J connectivity index is 2.01. The van der Waals surface area contributed by atoms with Gasteiger partial charge in [0.25, 0.3) is 0 Å². The first-order valence-corrected chi connectivity index (χ1v) is 7.42. The van der Waals surface area contributed by atoms with E-state index in [1.807, 2.05) is 30.3 Å². The van der Waals surface area contributed by atoms with Gasteiger partial charge in [-0.1, -0.05) is 35.5 Å². The minimum atomic E-state index is -0.993. The van der Waals surface area contributed by atoms with Crippen molar-refractivity contribution in [2.24, 2.45) is 0 Å². The molecule has 7 nitrogen and oxygen atoms in total. The van der Waals surface area contributed by atoms with E-state index in [-0.39, 0.29) is 19.1 Å². The Morgan fingerprint density at radius 2 is 2.04 bits per heavy atom. The summed E-state index contributed by atoms with van der Waals surface area (Å²) in [4.78, 5) is 18.0. The fourth-order valence-corrected chi connectivity index (χ4v) is 2.15. The van der Waals surface area contributed by atoms with Gasteiger partial charge in [-0.2, -0.15) is 4.98 Å². The molecule has 2 rings (SSSR count). The second kappa shape index (κ2) is 7.23. The van der Waals surface area contributed by atoms with Crippen molar-refractivity contribution in [2.75, 3.05) is 6.54 Å². The van der Waals surface area contributed by atoms with Crippen LogP contribution < -0.4 is 5.32 Å². The molecule has 1 aromatic heterocycles. The summed E-state index contributed by atoms with van der Waals surface area (Å²) in [7, 11) is 0. The third-order valence-electron chi connectivity index (χ3n) is 3.04. The average Bonchev–Trinajstić information content (AvgIpc) is 2.89. The molecule has 0 unspecified atom stereocenters. The summed E-state index contributed by atoms with van der Waals surface area (Å²) in [6.45, 7) is 5.80. The molecule has 1 aromatic carbocycles. The quantitative estimate of drug-likeness (QED) is 0.848. The summed E-state index contributed by atoms with van der Waals surface area (Å²) < 4.78 is 4.97. The van der Waals surface area contributed by atoms with Crippen molar-refractivity contribution in [3.05, 3.63) is 47.6 Å². The zero-order chi connectivity index (χ0) is 16.9. The van der Waals surface area contributed by atoms with Gasteiger partial charge in [-0.05, 0) is 26.3 Å². The maximum Gasteiger partial charge on any atom is 0.318 e. The third kappa shape index (κ3) is 5.71. The number of rotatable bonds is 6. The summed E-state index contributed by atoms with van der Waals surface area (Å²) in [5.41, 5.74) is -0.00625. The van der Waals surface area contributed by atoms with Gasteiger partial charge >= 0.3 is 6.03 Å². The highest BCUT2D eigenvalue weighted by atomic mass is 16.5. The summed E-state index contributed by atoms with van der Waals surface area (Å²) in [6, 6.07) is 9.32. The molecule has 2 N–H and O–H groups in total. The monoisotopic (exact) mass is 318 g/mol. The number of urea groups is 1. The maximum absolute atomic E-state index is 12.4. The Bertz CT molecular complexity index is 634. The van der Waals surface area contributed by atoms with Crippen LogP contribution in [-0.2, 0) is 13.1 Å². The van der Waals surface area contributed by atoms with Crippen LogP contribution in [0.3, 0.4) is 0 Å². The Hall–Kier alpha value is -2.41. The number of carbonyl (C=O) groups is 1. The lowest BCUT2D eigenvalue weighted by Gasteiger charge is -2.29. The largest absolute Gasteiger partial charge is 0.389 e. The van der Waals surface area contributed by atoms with Gasteiger partial charge in [-0.3, -0.25) is 0 Å². The molecule has 0 spiro atoms. The molecule has 0 aliphatic heterocycles. The van der Waals surface area contributed by atoms with Crippen LogP contribution in [0.2, 0.25) is 0 Å². The summed E-state index contributed by atoms with van der Waals surface area (Å²) in [6.07, 6.45) is 0. The highest BCUT2D eigenvalue weighted by Gasteiger charge is 2.23. The van der Waals surface area contributed by atoms with Gasteiger partial charge in [-0.15, -0.1) is 0 Å². The molecule has 0 atom stereocenters. The molecule has 7 heteroatoms. The van der Waals surface area contributed by atoms with E-state index < -0.39 is 5.60 Å². The highest BCUT2D eigenvalue weighted by molar-refractivity contribution is 5.74. The average molecular weight is 318 g/mol. The van der Waals surface area contributed by atoms with Crippen molar-refractivity contribution in [1.82, 2.24) is 20.4 Å². The van der Waals surface area contributed by atoms with Crippen LogP contribution in [0.1, 0.15) is 31.1 Å². The molecule has 0 saturated carbocycles. The maximum atomic E-state index is 12.4. The van der Waals surface area contributed by atoms with E-state index in [1.54, 1.807) is 25.7 Å². The number of aryl methyl sites for hydroxylation is 1. The molecule has 0 aliphatic carbocycles. The molecule has 23 heavy (non-hydrogen) atoms. The molecule has 0 aliphatic rings. The molecule has 0 fully saturated rings. The molecule has 0 saturated heterocycles. The fourth-order valence-electron chi connectivity index (χ4n) is 2.15. The Morgan fingerprint density at radius 1 is 1.35 bits per heavy atom. The molecule has 124 valence electrons. The van der Waals surface area contributed by atoms with Crippen LogP contribution in [0.15, 0.2) is 34.9 Å². The van der Waals surface area contributed by atoms with E-state index in [4.69, 9.17) is 4.52 Å². The lowest BCUT2D eigenvalue weighted by Crippen LogP contribution is -2.46. The molecule has 0 bridgehead atoms. The summed E-state index contributed by atoms with van der Waals surface area (Å²) in [5, 5.41) is 16.5. The third-order valence-corrected chi connectivity index (χ3v) is 3.04. The van der Waals surface area contributed by atoms with Crippen molar-refractivity contribution >= 4 is 6.03 Å². The zero-order valence-electron chi connectivity index (χ0n) is 13.6. The van der Waals surface area contributed by atoms with E-state index in [1.165, 1.54) is 0 Å². The number of hydrogen-bond donors (Lipinski definition) is 2. The van der Waals surface area contributed by atoms with Gasteiger partial charge in [0.1, 0.15) is 0 Å². The van der Waals surface area contributed by atoms with E-state index in [0.717, 1.165) is 5.56 Å². The van der Waals surface area contributed by atoms with E-state index in [2.05, 4.69) is 15.5 Å². The standard InChI is InChI=1S/C16H22N4O3/c1-12-18-14(23-19-12)9-17-15(21)20(11-16(2,3)22)10-13-7-5-4-6-8-13/h4-8,22H,9-11H2,1-3H3,(H,17,21). The normalized spacial score (nSPS) is 11.3. The van der Waals surface area contributed by atoms with Gasteiger partial charge in [0.15, 0.2) is 5.82 Å². The Kier molecular flexibility index (Phi) is 5.33. The van der Waals surface area contributed by atoms with Crippen LogP contribution in [-0.4, -0.2) is 38.3 Å². The molecule has 1 heterocycles. The molecular formula is C16H22N4O3. The topological polar surface area (TPSA) is 91.5 Å². The molecule has 0 radical (unpaired) electrons.